The molecule has 1 aliphatic rings. The van der Waals surface area contributed by atoms with E-state index in [4.69, 9.17) is 0 Å². The van der Waals surface area contributed by atoms with Crippen LogP contribution in [0, 0.1) is 6.92 Å². The zero-order chi connectivity index (χ0) is 15.4. The van der Waals surface area contributed by atoms with E-state index in [9.17, 15) is 5.11 Å². The van der Waals surface area contributed by atoms with Crippen molar-refractivity contribution < 1.29 is 5.11 Å². The van der Waals surface area contributed by atoms with E-state index < -0.39 is 0 Å². The highest BCUT2D eigenvalue weighted by Gasteiger charge is 2.23. The second kappa shape index (κ2) is 7.07. The third-order valence-electron chi connectivity index (χ3n) is 4.80. The number of H-pyrrole nitrogens is 1. The van der Waals surface area contributed by atoms with Crippen molar-refractivity contribution in [2.75, 3.05) is 19.6 Å². The molecule has 2 N–H and O–H groups in total. The quantitative estimate of drug-likeness (QED) is 0.892. The first kappa shape index (κ1) is 15.3. The Labute approximate surface area is 132 Å². The van der Waals surface area contributed by atoms with Crippen molar-refractivity contribution in [1.82, 2.24) is 15.1 Å². The maximum atomic E-state index is 10.3. The fourth-order valence-electron chi connectivity index (χ4n) is 3.39. The Morgan fingerprint density at radius 3 is 2.64 bits per heavy atom. The molecule has 0 radical (unpaired) electrons. The Bertz CT molecular complexity index is 573. The number of hydrogen-bond acceptors (Lipinski definition) is 3. The summed E-state index contributed by atoms with van der Waals surface area (Å²) in [5.74, 6) is 0.633. The average molecular weight is 299 g/mol. The fraction of sp³-hybridized carbons (Fsp3) is 0.500. The number of nitrogens with one attached hydrogen (secondary N) is 1. The first-order valence-electron chi connectivity index (χ1n) is 8.19. The van der Waals surface area contributed by atoms with Gasteiger partial charge in [-0.2, -0.15) is 5.10 Å². The first-order valence-corrected chi connectivity index (χ1v) is 8.19. The van der Waals surface area contributed by atoms with Gasteiger partial charge >= 0.3 is 0 Å². The topological polar surface area (TPSA) is 52.2 Å². The number of piperidine rings is 1. The van der Waals surface area contributed by atoms with E-state index >= 15 is 0 Å². The van der Waals surface area contributed by atoms with Crippen LogP contribution in [0.25, 0.3) is 0 Å². The summed E-state index contributed by atoms with van der Waals surface area (Å²) in [7, 11) is 0. The van der Waals surface area contributed by atoms with Crippen molar-refractivity contribution in [1.29, 1.82) is 0 Å². The molecule has 0 spiro atoms. The maximum Gasteiger partial charge on any atom is 0.0802 e. The Balaban J connectivity index is 1.45. The molecule has 0 amide bonds. The van der Waals surface area contributed by atoms with Crippen LogP contribution in [-0.2, 0) is 0 Å². The minimum Gasteiger partial charge on any atom is -0.388 e. The monoisotopic (exact) mass is 299 g/mol. The predicted octanol–water partition coefficient (Wildman–Crippen LogP) is 3.02. The lowest BCUT2D eigenvalue weighted by molar-refractivity contribution is 0.130. The molecule has 0 bridgehead atoms. The molecule has 118 valence electrons. The van der Waals surface area contributed by atoms with Gasteiger partial charge in [-0.3, -0.25) is 5.10 Å². The normalized spacial score (nSPS) is 18.5. The van der Waals surface area contributed by atoms with Gasteiger partial charge < -0.3 is 10.0 Å². The SMILES string of the molecule is Cc1[nH]ncc1C1CCN(CC[C@@H](O)c2ccccc2)CC1. The summed E-state index contributed by atoms with van der Waals surface area (Å²) >= 11 is 0. The van der Waals surface area contributed by atoms with Crippen LogP contribution in [0.1, 0.15) is 48.1 Å². The summed E-state index contributed by atoms with van der Waals surface area (Å²) < 4.78 is 0. The van der Waals surface area contributed by atoms with E-state index in [2.05, 4.69) is 22.0 Å². The minimum absolute atomic E-state index is 0.352. The van der Waals surface area contributed by atoms with Crippen LogP contribution in [0.4, 0.5) is 0 Å². The lowest BCUT2D eigenvalue weighted by Crippen LogP contribution is -2.34. The summed E-state index contributed by atoms with van der Waals surface area (Å²) in [6, 6.07) is 9.95. The molecule has 1 atom stereocenters. The number of benzene rings is 1. The number of hydrogen-bond donors (Lipinski definition) is 2. The molecule has 4 heteroatoms. The highest BCUT2D eigenvalue weighted by molar-refractivity contribution is 5.20. The number of likely N-dealkylation sites (tertiary alicyclic amines) is 1. The molecule has 4 nitrogen and oxygen atoms in total. The van der Waals surface area contributed by atoms with Crippen molar-refractivity contribution in [2.24, 2.45) is 0 Å². The molecule has 2 heterocycles. The van der Waals surface area contributed by atoms with Crippen molar-refractivity contribution in [3.8, 4) is 0 Å². The molecular weight excluding hydrogens is 274 g/mol. The van der Waals surface area contributed by atoms with Gasteiger partial charge in [-0.1, -0.05) is 30.3 Å². The van der Waals surface area contributed by atoms with Crippen molar-refractivity contribution in [3.63, 3.8) is 0 Å². The van der Waals surface area contributed by atoms with Gasteiger partial charge in [0.05, 0.1) is 12.3 Å². The standard InChI is InChI=1S/C18H25N3O/c1-14-17(13-19-20-14)15-7-10-21(11-8-15)12-9-18(22)16-5-3-2-4-6-16/h2-6,13,15,18,22H,7-12H2,1H3,(H,19,20)/t18-/m1/s1. The van der Waals surface area contributed by atoms with Gasteiger partial charge in [0.1, 0.15) is 0 Å². The van der Waals surface area contributed by atoms with E-state index in [-0.39, 0.29) is 6.10 Å². The van der Waals surface area contributed by atoms with Crippen LogP contribution in [0.5, 0.6) is 0 Å². The molecule has 1 saturated heterocycles. The largest absolute Gasteiger partial charge is 0.388 e. The third-order valence-corrected chi connectivity index (χ3v) is 4.80. The van der Waals surface area contributed by atoms with Gasteiger partial charge in [-0.15, -0.1) is 0 Å². The second-order valence-corrected chi connectivity index (χ2v) is 6.28. The smallest absolute Gasteiger partial charge is 0.0802 e. The lowest BCUT2D eigenvalue weighted by atomic mass is 9.90. The van der Waals surface area contributed by atoms with Gasteiger partial charge in [-0.25, -0.2) is 0 Å². The molecule has 1 fully saturated rings. The lowest BCUT2D eigenvalue weighted by Gasteiger charge is -2.32. The number of aliphatic hydroxyl groups excluding tert-OH is 1. The number of aliphatic hydroxyl groups is 1. The number of rotatable bonds is 5. The van der Waals surface area contributed by atoms with Gasteiger partial charge in [0.25, 0.3) is 0 Å². The molecule has 1 aromatic carbocycles. The highest BCUT2D eigenvalue weighted by atomic mass is 16.3. The van der Waals surface area contributed by atoms with E-state index in [0.717, 1.165) is 31.6 Å². The Hall–Kier alpha value is -1.65. The number of nitrogens with zero attached hydrogens (tertiary/aromatic N) is 2. The summed E-state index contributed by atoms with van der Waals surface area (Å²) in [5.41, 5.74) is 3.60. The molecular formula is C18H25N3O. The zero-order valence-electron chi connectivity index (χ0n) is 13.2. The van der Waals surface area contributed by atoms with Crippen molar-refractivity contribution in [3.05, 3.63) is 53.3 Å². The van der Waals surface area contributed by atoms with E-state index in [1.165, 1.54) is 24.1 Å². The van der Waals surface area contributed by atoms with Crippen molar-refractivity contribution >= 4 is 0 Å². The highest BCUT2D eigenvalue weighted by Crippen LogP contribution is 2.29. The molecule has 0 saturated carbocycles. The Morgan fingerprint density at radius 1 is 1.27 bits per heavy atom. The first-order chi connectivity index (χ1) is 10.7. The van der Waals surface area contributed by atoms with Gasteiger partial charge in [-0.05, 0) is 56.3 Å². The second-order valence-electron chi connectivity index (χ2n) is 6.28. The van der Waals surface area contributed by atoms with Crippen LogP contribution in [0.2, 0.25) is 0 Å². The molecule has 3 rings (SSSR count). The maximum absolute atomic E-state index is 10.3. The zero-order valence-corrected chi connectivity index (χ0v) is 13.2. The minimum atomic E-state index is -0.352. The number of aromatic nitrogens is 2. The fourth-order valence-corrected chi connectivity index (χ4v) is 3.39. The van der Waals surface area contributed by atoms with E-state index in [1.807, 2.05) is 36.5 Å². The van der Waals surface area contributed by atoms with Crippen LogP contribution < -0.4 is 0 Å². The molecule has 1 aliphatic heterocycles. The average Bonchev–Trinajstić information content (AvgIpc) is 3.00. The molecule has 0 aliphatic carbocycles. The van der Waals surface area contributed by atoms with Crippen molar-refractivity contribution in [2.45, 2.75) is 38.2 Å². The van der Waals surface area contributed by atoms with Crippen LogP contribution in [-0.4, -0.2) is 39.8 Å². The van der Waals surface area contributed by atoms with Gasteiger partial charge in [0.15, 0.2) is 0 Å². The Kier molecular flexibility index (Phi) is 4.90. The molecule has 22 heavy (non-hydrogen) atoms. The summed E-state index contributed by atoms with van der Waals surface area (Å²) in [6.07, 6.45) is 4.80. The van der Waals surface area contributed by atoms with Crippen LogP contribution >= 0.6 is 0 Å². The molecule has 1 aromatic heterocycles. The summed E-state index contributed by atoms with van der Waals surface area (Å²) in [4.78, 5) is 2.47. The summed E-state index contributed by atoms with van der Waals surface area (Å²) in [5, 5.41) is 17.4. The van der Waals surface area contributed by atoms with Crippen LogP contribution in [0.15, 0.2) is 36.5 Å². The third kappa shape index (κ3) is 3.57. The number of aryl methyl sites for hydroxylation is 1. The van der Waals surface area contributed by atoms with Gasteiger partial charge in [0.2, 0.25) is 0 Å². The van der Waals surface area contributed by atoms with Crippen LogP contribution in [0.3, 0.4) is 0 Å². The molecule has 0 unspecified atom stereocenters. The molecule has 2 aromatic rings. The van der Waals surface area contributed by atoms with E-state index in [1.54, 1.807) is 0 Å². The van der Waals surface area contributed by atoms with Gasteiger partial charge in [0, 0.05) is 12.2 Å². The Morgan fingerprint density at radius 2 is 2.00 bits per heavy atom. The van der Waals surface area contributed by atoms with E-state index in [0.29, 0.717) is 5.92 Å². The summed E-state index contributed by atoms with van der Waals surface area (Å²) in [6.45, 7) is 5.28. The number of aromatic amines is 1. The predicted molar refractivity (Wildman–Crippen MR) is 87.8 cm³/mol.